The molecule has 156 valence electrons. The molecule has 0 fully saturated rings. The Morgan fingerprint density at radius 3 is 2.38 bits per heavy atom. The topological polar surface area (TPSA) is 74.2 Å². The standard InChI is InChI=1S/C19H38O6S/c1-7-24-17(21)8-13-26-15-16(20)14-23-11-9-19(4,5)25-12-10-18(2,3)22-6/h16,20H,7-15H2,1-6H3. The van der Waals surface area contributed by atoms with Gasteiger partial charge in [-0.25, -0.2) is 0 Å². The van der Waals surface area contributed by atoms with Crippen LogP contribution in [0.5, 0.6) is 0 Å². The molecule has 0 aromatic carbocycles. The van der Waals surface area contributed by atoms with Gasteiger partial charge in [0.05, 0.1) is 43.5 Å². The number of thioether (sulfide) groups is 1. The van der Waals surface area contributed by atoms with Crippen LogP contribution in [0.25, 0.3) is 0 Å². The molecule has 6 nitrogen and oxygen atoms in total. The molecule has 0 aliphatic carbocycles. The van der Waals surface area contributed by atoms with Gasteiger partial charge < -0.3 is 24.1 Å². The number of hydrogen-bond acceptors (Lipinski definition) is 7. The maximum atomic E-state index is 11.2. The lowest BCUT2D eigenvalue weighted by molar-refractivity contribution is -0.142. The molecule has 0 bridgehead atoms. The van der Waals surface area contributed by atoms with Crippen molar-refractivity contribution in [3.63, 3.8) is 0 Å². The first-order valence-electron chi connectivity index (χ1n) is 9.30. The SMILES string of the molecule is CCOC(=O)CCSCC(O)COCCC(C)(C)OCCC(C)(C)OC. The summed E-state index contributed by atoms with van der Waals surface area (Å²) in [6, 6.07) is 0. The van der Waals surface area contributed by atoms with Crippen molar-refractivity contribution < 1.29 is 28.8 Å². The van der Waals surface area contributed by atoms with Crippen LogP contribution in [0.4, 0.5) is 0 Å². The van der Waals surface area contributed by atoms with Gasteiger partial charge in [-0.2, -0.15) is 11.8 Å². The van der Waals surface area contributed by atoms with Crippen LogP contribution in [-0.2, 0) is 23.7 Å². The van der Waals surface area contributed by atoms with Crippen molar-refractivity contribution in [2.45, 2.75) is 71.2 Å². The van der Waals surface area contributed by atoms with Crippen molar-refractivity contribution >= 4 is 17.7 Å². The summed E-state index contributed by atoms with van der Waals surface area (Å²) in [7, 11) is 1.71. The number of carbonyl (C=O) groups excluding carboxylic acids is 1. The van der Waals surface area contributed by atoms with E-state index in [-0.39, 0.29) is 17.2 Å². The van der Waals surface area contributed by atoms with E-state index in [2.05, 4.69) is 0 Å². The Hall–Kier alpha value is -0.340. The molecular formula is C19H38O6S. The average molecular weight is 395 g/mol. The van der Waals surface area contributed by atoms with Crippen LogP contribution in [0, 0.1) is 0 Å². The lowest BCUT2D eigenvalue weighted by Crippen LogP contribution is -2.31. The van der Waals surface area contributed by atoms with E-state index in [0.717, 1.165) is 12.8 Å². The maximum absolute atomic E-state index is 11.2. The summed E-state index contributed by atoms with van der Waals surface area (Å²) in [6.45, 7) is 11.8. The fraction of sp³-hybridized carbons (Fsp3) is 0.947. The van der Waals surface area contributed by atoms with Crippen LogP contribution < -0.4 is 0 Å². The Morgan fingerprint density at radius 2 is 1.77 bits per heavy atom. The third-order valence-corrected chi connectivity index (χ3v) is 5.09. The van der Waals surface area contributed by atoms with E-state index in [1.807, 2.05) is 27.7 Å². The first-order chi connectivity index (χ1) is 12.1. The summed E-state index contributed by atoms with van der Waals surface area (Å²) in [5.74, 6) is 1.00. The molecule has 0 amide bonds. The molecule has 0 saturated heterocycles. The largest absolute Gasteiger partial charge is 0.466 e. The van der Waals surface area contributed by atoms with E-state index in [0.29, 0.717) is 44.4 Å². The van der Waals surface area contributed by atoms with E-state index in [4.69, 9.17) is 18.9 Å². The van der Waals surface area contributed by atoms with Crippen LogP contribution in [0.15, 0.2) is 0 Å². The van der Waals surface area contributed by atoms with Crippen LogP contribution >= 0.6 is 11.8 Å². The smallest absolute Gasteiger partial charge is 0.306 e. The molecule has 26 heavy (non-hydrogen) atoms. The van der Waals surface area contributed by atoms with Crippen molar-refractivity contribution in [2.75, 3.05) is 45.0 Å². The lowest BCUT2D eigenvalue weighted by atomic mass is 10.0. The van der Waals surface area contributed by atoms with Gasteiger partial charge in [-0.05, 0) is 47.5 Å². The molecule has 0 aliphatic heterocycles. The number of aliphatic hydroxyl groups is 1. The minimum Gasteiger partial charge on any atom is -0.466 e. The average Bonchev–Trinajstić information content (AvgIpc) is 2.55. The van der Waals surface area contributed by atoms with E-state index < -0.39 is 6.10 Å². The van der Waals surface area contributed by atoms with Crippen molar-refractivity contribution in [2.24, 2.45) is 0 Å². The predicted molar refractivity (Wildman–Crippen MR) is 106 cm³/mol. The number of methoxy groups -OCH3 is 1. The Labute approximate surface area is 163 Å². The Balaban J connectivity index is 3.71. The van der Waals surface area contributed by atoms with Crippen molar-refractivity contribution in [1.29, 1.82) is 0 Å². The monoisotopic (exact) mass is 394 g/mol. The number of carbonyl (C=O) groups is 1. The second kappa shape index (κ2) is 13.8. The highest BCUT2D eigenvalue weighted by Crippen LogP contribution is 2.19. The van der Waals surface area contributed by atoms with Crippen LogP contribution in [-0.4, -0.2) is 73.4 Å². The van der Waals surface area contributed by atoms with Gasteiger partial charge in [0, 0.05) is 25.2 Å². The molecule has 0 heterocycles. The fourth-order valence-electron chi connectivity index (χ4n) is 1.94. The molecule has 0 aliphatic rings. The molecule has 1 unspecified atom stereocenters. The molecule has 0 aromatic heterocycles. The fourth-order valence-corrected chi connectivity index (χ4v) is 2.79. The molecule has 0 saturated carbocycles. The quantitative estimate of drug-likeness (QED) is 0.318. The van der Waals surface area contributed by atoms with Gasteiger partial charge >= 0.3 is 5.97 Å². The Bertz CT molecular complexity index is 373. The van der Waals surface area contributed by atoms with E-state index in [1.54, 1.807) is 14.0 Å². The number of aliphatic hydroxyl groups excluding tert-OH is 1. The Morgan fingerprint density at radius 1 is 1.12 bits per heavy atom. The van der Waals surface area contributed by atoms with E-state index >= 15 is 0 Å². The number of ether oxygens (including phenoxy) is 4. The predicted octanol–water partition coefficient (Wildman–Crippen LogP) is 3.05. The molecular weight excluding hydrogens is 356 g/mol. The van der Waals surface area contributed by atoms with Crippen LogP contribution in [0.2, 0.25) is 0 Å². The third kappa shape index (κ3) is 14.8. The lowest BCUT2D eigenvalue weighted by Gasteiger charge is -2.29. The van der Waals surface area contributed by atoms with Crippen LogP contribution in [0.3, 0.4) is 0 Å². The van der Waals surface area contributed by atoms with Gasteiger partial charge in [0.25, 0.3) is 0 Å². The van der Waals surface area contributed by atoms with Gasteiger partial charge in [-0.3, -0.25) is 4.79 Å². The highest BCUT2D eigenvalue weighted by atomic mass is 32.2. The highest BCUT2D eigenvalue weighted by molar-refractivity contribution is 7.99. The summed E-state index contributed by atoms with van der Waals surface area (Å²) in [5, 5.41) is 9.90. The molecule has 0 aromatic rings. The molecule has 0 rings (SSSR count). The zero-order valence-corrected chi connectivity index (χ0v) is 18.2. The normalized spacial score (nSPS) is 13.7. The highest BCUT2D eigenvalue weighted by Gasteiger charge is 2.22. The number of rotatable bonds is 16. The molecule has 0 spiro atoms. The van der Waals surface area contributed by atoms with E-state index in [1.165, 1.54) is 11.8 Å². The van der Waals surface area contributed by atoms with Crippen molar-refractivity contribution in [1.82, 2.24) is 0 Å². The minimum absolute atomic E-state index is 0.179. The van der Waals surface area contributed by atoms with Crippen molar-refractivity contribution in [3.8, 4) is 0 Å². The van der Waals surface area contributed by atoms with E-state index in [9.17, 15) is 9.90 Å². The zero-order valence-electron chi connectivity index (χ0n) is 17.3. The summed E-state index contributed by atoms with van der Waals surface area (Å²) < 4.78 is 21.7. The molecule has 1 N–H and O–H groups in total. The third-order valence-electron chi connectivity index (χ3n) is 3.97. The zero-order chi connectivity index (χ0) is 20.1. The van der Waals surface area contributed by atoms with Gasteiger partial charge in [0.15, 0.2) is 0 Å². The number of esters is 1. The minimum atomic E-state index is -0.534. The second-order valence-electron chi connectivity index (χ2n) is 7.43. The van der Waals surface area contributed by atoms with Gasteiger partial charge in [-0.15, -0.1) is 0 Å². The maximum Gasteiger partial charge on any atom is 0.306 e. The van der Waals surface area contributed by atoms with Crippen LogP contribution in [0.1, 0.15) is 53.9 Å². The summed E-state index contributed by atoms with van der Waals surface area (Å²) >= 11 is 1.53. The summed E-state index contributed by atoms with van der Waals surface area (Å²) in [4.78, 5) is 11.2. The summed E-state index contributed by atoms with van der Waals surface area (Å²) in [6.07, 6.45) is 1.42. The number of hydrogen-bond donors (Lipinski definition) is 1. The first-order valence-corrected chi connectivity index (χ1v) is 10.5. The van der Waals surface area contributed by atoms with Gasteiger partial charge in [0.1, 0.15) is 0 Å². The van der Waals surface area contributed by atoms with Crippen molar-refractivity contribution in [3.05, 3.63) is 0 Å². The van der Waals surface area contributed by atoms with Gasteiger partial charge in [-0.1, -0.05) is 0 Å². The molecule has 1 atom stereocenters. The van der Waals surface area contributed by atoms with Gasteiger partial charge in [0.2, 0.25) is 0 Å². The Kier molecular flexibility index (Phi) is 13.6. The summed E-state index contributed by atoms with van der Waals surface area (Å²) in [5.41, 5.74) is -0.454. The molecule has 7 heteroatoms. The first kappa shape index (κ1) is 25.7. The molecule has 0 radical (unpaired) electrons. The second-order valence-corrected chi connectivity index (χ2v) is 8.58.